The Kier molecular flexibility index (Phi) is 5.44. The average Bonchev–Trinajstić information content (AvgIpc) is 2.26. The first-order valence-corrected chi connectivity index (χ1v) is 5.38. The molecule has 0 spiro atoms. The van der Waals surface area contributed by atoms with E-state index in [9.17, 15) is 9.59 Å². The number of hydrogen-bond acceptors (Lipinski definition) is 4. The molecule has 0 aliphatic carbocycles. The lowest BCUT2D eigenvalue weighted by Crippen LogP contribution is -2.30. The van der Waals surface area contributed by atoms with Crippen LogP contribution in [0.15, 0.2) is 28.7 Å². The van der Waals surface area contributed by atoms with Crippen molar-refractivity contribution in [3.63, 3.8) is 0 Å². The number of carboxylic acids is 1. The van der Waals surface area contributed by atoms with Gasteiger partial charge in [-0.3, -0.25) is 9.63 Å². The fourth-order valence-electron chi connectivity index (χ4n) is 0.913. The number of hydroxylamine groups is 1. The van der Waals surface area contributed by atoms with Crippen molar-refractivity contribution in [1.29, 1.82) is 0 Å². The Hall–Kier alpha value is -1.60. The third-order valence-electron chi connectivity index (χ3n) is 1.55. The molecule has 0 saturated carbocycles. The zero-order valence-corrected chi connectivity index (χ0v) is 10.3. The van der Waals surface area contributed by atoms with Crippen LogP contribution in [-0.2, 0) is 14.4 Å². The van der Waals surface area contributed by atoms with Gasteiger partial charge in [0.05, 0.1) is 0 Å². The van der Waals surface area contributed by atoms with Crippen LogP contribution in [0.4, 0.5) is 0 Å². The molecule has 0 radical (unpaired) electrons. The maximum Gasteiger partial charge on any atom is 0.332 e. The van der Waals surface area contributed by atoms with Crippen molar-refractivity contribution >= 4 is 27.8 Å². The van der Waals surface area contributed by atoms with Crippen molar-refractivity contribution in [2.24, 2.45) is 0 Å². The van der Waals surface area contributed by atoms with Crippen molar-refractivity contribution in [3.8, 4) is 5.75 Å². The first-order chi connectivity index (χ1) is 8.08. The van der Waals surface area contributed by atoms with Gasteiger partial charge in [0.25, 0.3) is 5.91 Å². The molecule has 0 aliphatic rings. The van der Waals surface area contributed by atoms with Gasteiger partial charge in [-0.25, -0.2) is 10.3 Å². The highest BCUT2D eigenvalue weighted by Crippen LogP contribution is 2.17. The second-order valence-corrected chi connectivity index (χ2v) is 3.87. The molecule has 1 amide bonds. The van der Waals surface area contributed by atoms with Gasteiger partial charge in [-0.2, -0.15) is 0 Å². The van der Waals surface area contributed by atoms with Crippen LogP contribution in [-0.4, -0.2) is 30.2 Å². The Labute approximate surface area is 106 Å². The first-order valence-electron chi connectivity index (χ1n) is 4.58. The minimum absolute atomic E-state index is 0.254. The molecule has 7 heteroatoms. The highest BCUT2D eigenvalue weighted by molar-refractivity contribution is 9.10. The molecule has 1 aromatic rings. The third kappa shape index (κ3) is 5.88. The molecule has 0 aromatic heterocycles. The lowest BCUT2D eigenvalue weighted by atomic mass is 10.3. The zero-order valence-electron chi connectivity index (χ0n) is 8.68. The smallest absolute Gasteiger partial charge is 0.332 e. The highest BCUT2D eigenvalue weighted by Gasteiger charge is 2.04. The average molecular weight is 304 g/mol. The normalized spacial score (nSPS) is 9.71. The Morgan fingerprint density at radius 1 is 1.35 bits per heavy atom. The molecule has 17 heavy (non-hydrogen) atoms. The van der Waals surface area contributed by atoms with Gasteiger partial charge in [-0.15, -0.1) is 0 Å². The van der Waals surface area contributed by atoms with Gasteiger partial charge < -0.3 is 9.84 Å². The van der Waals surface area contributed by atoms with Crippen LogP contribution < -0.4 is 10.2 Å². The van der Waals surface area contributed by atoms with Crippen molar-refractivity contribution in [3.05, 3.63) is 28.7 Å². The molecular formula is C10H10BrNO5. The maximum absolute atomic E-state index is 11.1. The summed E-state index contributed by atoms with van der Waals surface area (Å²) in [7, 11) is 0. The van der Waals surface area contributed by atoms with E-state index in [1.165, 1.54) is 0 Å². The SMILES string of the molecule is O=C(O)CONC(=O)COc1cccc(Br)c1. The molecule has 0 fully saturated rings. The molecule has 92 valence electrons. The van der Waals surface area contributed by atoms with E-state index >= 15 is 0 Å². The Bertz CT molecular complexity index is 409. The van der Waals surface area contributed by atoms with Crippen LogP contribution >= 0.6 is 15.9 Å². The summed E-state index contributed by atoms with van der Waals surface area (Å²) in [6.07, 6.45) is 0. The van der Waals surface area contributed by atoms with Crippen LogP contribution in [0.25, 0.3) is 0 Å². The molecule has 0 aliphatic heterocycles. The number of aliphatic carboxylic acids is 1. The van der Waals surface area contributed by atoms with Crippen LogP contribution in [0.3, 0.4) is 0 Å². The molecule has 0 bridgehead atoms. The molecule has 2 N–H and O–H groups in total. The minimum Gasteiger partial charge on any atom is -0.484 e. The largest absolute Gasteiger partial charge is 0.484 e. The number of rotatable bonds is 6. The monoisotopic (exact) mass is 303 g/mol. The van der Waals surface area contributed by atoms with Gasteiger partial charge in [-0.1, -0.05) is 22.0 Å². The van der Waals surface area contributed by atoms with Gasteiger partial charge in [0, 0.05) is 4.47 Å². The van der Waals surface area contributed by atoms with E-state index in [-0.39, 0.29) is 6.61 Å². The summed E-state index contributed by atoms with van der Waals surface area (Å²) in [5, 5.41) is 8.25. The minimum atomic E-state index is -1.17. The summed E-state index contributed by atoms with van der Waals surface area (Å²) >= 11 is 3.26. The molecule has 6 nitrogen and oxygen atoms in total. The number of halogens is 1. The Morgan fingerprint density at radius 2 is 2.12 bits per heavy atom. The molecule has 0 atom stereocenters. The highest BCUT2D eigenvalue weighted by atomic mass is 79.9. The van der Waals surface area contributed by atoms with E-state index in [1.54, 1.807) is 18.2 Å². The van der Waals surface area contributed by atoms with Gasteiger partial charge in [-0.05, 0) is 18.2 Å². The number of hydrogen-bond donors (Lipinski definition) is 2. The topological polar surface area (TPSA) is 84.9 Å². The summed E-state index contributed by atoms with van der Waals surface area (Å²) in [5.74, 6) is -1.21. The second-order valence-electron chi connectivity index (χ2n) is 2.95. The molecule has 0 saturated heterocycles. The second kappa shape index (κ2) is 6.87. The van der Waals surface area contributed by atoms with E-state index in [2.05, 4.69) is 20.8 Å². The summed E-state index contributed by atoms with van der Waals surface area (Å²) in [5.41, 5.74) is 1.94. The molecule has 0 heterocycles. The van der Waals surface area contributed by atoms with E-state index in [0.717, 1.165) is 4.47 Å². The van der Waals surface area contributed by atoms with Crippen molar-refractivity contribution < 1.29 is 24.3 Å². The fourth-order valence-corrected chi connectivity index (χ4v) is 1.29. The van der Waals surface area contributed by atoms with Crippen molar-refractivity contribution in [1.82, 2.24) is 5.48 Å². The third-order valence-corrected chi connectivity index (χ3v) is 2.04. The predicted molar refractivity (Wildman–Crippen MR) is 61.4 cm³/mol. The van der Waals surface area contributed by atoms with E-state index in [4.69, 9.17) is 9.84 Å². The van der Waals surface area contributed by atoms with Crippen LogP contribution in [0.5, 0.6) is 5.75 Å². The molecule has 0 unspecified atom stereocenters. The zero-order chi connectivity index (χ0) is 12.7. The number of carboxylic acid groups (broad SMARTS) is 1. The Morgan fingerprint density at radius 3 is 2.76 bits per heavy atom. The van der Waals surface area contributed by atoms with Crippen molar-refractivity contribution in [2.45, 2.75) is 0 Å². The lowest BCUT2D eigenvalue weighted by Gasteiger charge is -2.06. The van der Waals surface area contributed by atoms with Gasteiger partial charge in [0.2, 0.25) is 0 Å². The number of carbonyl (C=O) groups excluding carboxylic acids is 1. The number of ether oxygens (including phenoxy) is 1. The molecule has 1 aromatic carbocycles. The van der Waals surface area contributed by atoms with Gasteiger partial charge >= 0.3 is 5.97 Å². The van der Waals surface area contributed by atoms with Crippen LogP contribution in [0, 0.1) is 0 Å². The standard InChI is InChI=1S/C10H10BrNO5/c11-7-2-1-3-8(4-7)16-5-9(13)12-17-6-10(14)15/h1-4H,5-6H2,(H,12,13)(H,14,15). The molecule has 1 rings (SSSR count). The summed E-state index contributed by atoms with van der Waals surface area (Å²) in [6, 6.07) is 6.97. The molecular weight excluding hydrogens is 294 g/mol. The Balaban J connectivity index is 2.26. The van der Waals surface area contributed by atoms with E-state index in [0.29, 0.717) is 5.75 Å². The predicted octanol–water partition coefficient (Wildman–Crippen LogP) is 0.960. The number of carbonyl (C=O) groups is 2. The van der Waals surface area contributed by atoms with E-state index < -0.39 is 18.5 Å². The number of amides is 1. The number of nitrogens with one attached hydrogen (secondary N) is 1. The van der Waals surface area contributed by atoms with Gasteiger partial charge in [0.15, 0.2) is 13.2 Å². The van der Waals surface area contributed by atoms with Crippen LogP contribution in [0.1, 0.15) is 0 Å². The fraction of sp³-hybridized carbons (Fsp3) is 0.200. The van der Waals surface area contributed by atoms with Crippen LogP contribution in [0.2, 0.25) is 0 Å². The maximum atomic E-state index is 11.1. The lowest BCUT2D eigenvalue weighted by molar-refractivity contribution is -0.149. The van der Waals surface area contributed by atoms with Crippen molar-refractivity contribution in [2.75, 3.05) is 13.2 Å². The van der Waals surface area contributed by atoms with E-state index in [1.807, 2.05) is 11.5 Å². The first kappa shape index (κ1) is 13.5. The summed E-state index contributed by atoms with van der Waals surface area (Å²) < 4.78 is 5.97. The summed E-state index contributed by atoms with van der Waals surface area (Å²) in [4.78, 5) is 25.6. The number of benzene rings is 1. The summed E-state index contributed by atoms with van der Waals surface area (Å²) in [6.45, 7) is -0.849. The quantitative estimate of drug-likeness (QED) is 0.765. The van der Waals surface area contributed by atoms with Gasteiger partial charge in [0.1, 0.15) is 5.75 Å².